The van der Waals surface area contributed by atoms with E-state index in [0.29, 0.717) is 11.5 Å². The molecule has 7 nitrogen and oxygen atoms in total. The molecule has 3 rings (SSSR count). The lowest BCUT2D eigenvalue weighted by Gasteiger charge is -2.15. The van der Waals surface area contributed by atoms with Gasteiger partial charge in [0.1, 0.15) is 5.25 Å². The topological polar surface area (TPSA) is 93.4 Å². The lowest BCUT2D eigenvalue weighted by atomic mass is 10.1. The second-order valence-electron chi connectivity index (χ2n) is 6.30. The largest absolute Gasteiger partial charge is 0.325 e. The summed E-state index contributed by atoms with van der Waals surface area (Å²) in [6, 6.07) is 8.90. The Labute approximate surface area is 152 Å². The Kier molecular flexibility index (Phi) is 4.78. The fourth-order valence-electron chi connectivity index (χ4n) is 2.49. The maximum atomic E-state index is 12.2. The molecule has 3 aromatic rings. The first-order valence-corrected chi connectivity index (χ1v) is 9.83. The van der Waals surface area contributed by atoms with Gasteiger partial charge in [0, 0.05) is 29.8 Å². The molecule has 2 aromatic heterocycles. The predicted molar refractivity (Wildman–Crippen MR) is 101 cm³/mol. The Morgan fingerprint density at radius 2 is 1.85 bits per heavy atom. The molecule has 1 amide bonds. The van der Waals surface area contributed by atoms with E-state index in [1.165, 1.54) is 6.92 Å². The zero-order valence-electron chi connectivity index (χ0n) is 14.7. The summed E-state index contributed by atoms with van der Waals surface area (Å²) in [7, 11) is -3.49. The van der Waals surface area contributed by atoms with Crippen molar-refractivity contribution in [1.29, 1.82) is 0 Å². The van der Waals surface area contributed by atoms with E-state index < -0.39 is 26.2 Å². The SMILES string of the molecule is CC(C)S(=O)(=O)C(C)C(=O)Nc1ccc(-c2cn3cccnc3n2)cc1. The van der Waals surface area contributed by atoms with Crippen molar-refractivity contribution >= 4 is 27.2 Å². The zero-order chi connectivity index (χ0) is 18.9. The molecule has 1 atom stereocenters. The van der Waals surface area contributed by atoms with Crippen molar-refractivity contribution in [3.8, 4) is 11.3 Å². The number of nitrogens with zero attached hydrogens (tertiary/aromatic N) is 3. The van der Waals surface area contributed by atoms with Crippen LogP contribution >= 0.6 is 0 Å². The monoisotopic (exact) mass is 372 g/mol. The fraction of sp³-hybridized carbons (Fsp3) is 0.278. The van der Waals surface area contributed by atoms with Crippen molar-refractivity contribution in [2.45, 2.75) is 31.3 Å². The highest BCUT2D eigenvalue weighted by molar-refractivity contribution is 7.93. The molecule has 1 aromatic carbocycles. The number of nitrogens with one attached hydrogen (secondary N) is 1. The van der Waals surface area contributed by atoms with Crippen LogP contribution in [0.5, 0.6) is 0 Å². The summed E-state index contributed by atoms with van der Waals surface area (Å²) < 4.78 is 26.0. The zero-order valence-corrected chi connectivity index (χ0v) is 15.6. The number of hydrogen-bond acceptors (Lipinski definition) is 5. The van der Waals surface area contributed by atoms with Crippen LogP contribution in [0.25, 0.3) is 17.0 Å². The maximum absolute atomic E-state index is 12.2. The molecule has 0 saturated carbocycles. The van der Waals surface area contributed by atoms with E-state index in [-0.39, 0.29) is 0 Å². The van der Waals surface area contributed by atoms with Gasteiger partial charge in [-0.25, -0.2) is 18.4 Å². The number of hydrogen-bond donors (Lipinski definition) is 1. The standard InChI is InChI=1S/C18H20N4O3S/c1-12(2)26(24,25)13(3)17(23)20-15-7-5-14(6-8-15)16-11-22-10-4-9-19-18(22)21-16/h4-13H,1-3H3,(H,20,23). The molecule has 8 heteroatoms. The maximum Gasteiger partial charge on any atom is 0.242 e. The fourth-order valence-corrected chi connectivity index (χ4v) is 3.67. The number of carbonyl (C=O) groups is 1. The number of anilines is 1. The molecule has 0 aliphatic heterocycles. The molecule has 0 bridgehead atoms. The molecule has 0 aliphatic rings. The molecule has 136 valence electrons. The van der Waals surface area contributed by atoms with Crippen molar-refractivity contribution in [2.75, 3.05) is 5.32 Å². The van der Waals surface area contributed by atoms with Crippen LogP contribution in [0.3, 0.4) is 0 Å². The molecule has 26 heavy (non-hydrogen) atoms. The van der Waals surface area contributed by atoms with E-state index in [0.717, 1.165) is 11.3 Å². The van der Waals surface area contributed by atoms with Crippen LogP contribution < -0.4 is 5.32 Å². The highest BCUT2D eigenvalue weighted by Gasteiger charge is 2.30. The molecular formula is C18H20N4O3S. The van der Waals surface area contributed by atoms with Crippen LogP contribution in [-0.2, 0) is 14.6 Å². The average Bonchev–Trinajstić information content (AvgIpc) is 3.05. The summed E-state index contributed by atoms with van der Waals surface area (Å²) in [4.78, 5) is 20.8. The minimum absolute atomic E-state index is 0.534. The van der Waals surface area contributed by atoms with Crippen LogP contribution in [0.15, 0.2) is 48.9 Å². The van der Waals surface area contributed by atoms with Crippen molar-refractivity contribution in [1.82, 2.24) is 14.4 Å². The molecule has 1 unspecified atom stereocenters. The molecule has 0 spiro atoms. The lowest BCUT2D eigenvalue weighted by Crippen LogP contribution is -2.36. The summed E-state index contributed by atoms with van der Waals surface area (Å²) in [5, 5.41) is 0.944. The van der Waals surface area contributed by atoms with E-state index in [1.54, 1.807) is 32.2 Å². The van der Waals surface area contributed by atoms with E-state index in [1.807, 2.05) is 35.0 Å². The Bertz CT molecular complexity index is 1010. The Morgan fingerprint density at radius 3 is 2.46 bits per heavy atom. The molecule has 0 fully saturated rings. The number of sulfone groups is 1. The smallest absolute Gasteiger partial charge is 0.242 e. The van der Waals surface area contributed by atoms with Crippen molar-refractivity contribution in [2.24, 2.45) is 0 Å². The highest BCUT2D eigenvalue weighted by Crippen LogP contribution is 2.21. The van der Waals surface area contributed by atoms with Gasteiger partial charge in [0.05, 0.1) is 10.9 Å². The second-order valence-corrected chi connectivity index (χ2v) is 9.13. The Morgan fingerprint density at radius 1 is 1.15 bits per heavy atom. The van der Waals surface area contributed by atoms with Gasteiger partial charge in [-0.2, -0.15) is 0 Å². The van der Waals surface area contributed by atoms with Crippen LogP contribution in [0, 0.1) is 0 Å². The Balaban J connectivity index is 1.76. The average molecular weight is 372 g/mol. The first kappa shape index (κ1) is 18.1. The number of fused-ring (bicyclic) bond motifs is 1. The summed E-state index contributed by atoms with van der Waals surface area (Å²) in [5.41, 5.74) is 2.17. The lowest BCUT2D eigenvalue weighted by molar-refractivity contribution is -0.115. The van der Waals surface area contributed by atoms with Crippen LogP contribution in [0.4, 0.5) is 5.69 Å². The molecule has 2 heterocycles. The van der Waals surface area contributed by atoms with Crippen molar-refractivity contribution in [3.63, 3.8) is 0 Å². The van der Waals surface area contributed by atoms with E-state index in [9.17, 15) is 13.2 Å². The van der Waals surface area contributed by atoms with Crippen LogP contribution in [-0.4, -0.2) is 39.2 Å². The van der Waals surface area contributed by atoms with Crippen LogP contribution in [0.2, 0.25) is 0 Å². The van der Waals surface area contributed by atoms with Crippen molar-refractivity contribution in [3.05, 3.63) is 48.9 Å². The number of amides is 1. The van der Waals surface area contributed by atoms with Gasteiger partial charge in [0.15, 0.2) is 9.84 Å². The van der Waals surface area contributed by atoms with E-state index in [2.05, 4.69) is 15.3 Å². The summed E-state index contributed by atoms with van der Waals surface area (Å²) in [5.74, 6) is 0.0657. The molecule has 0 radical (unpaired) electrons. The summed E-state index contributed by atoms with van der Waals surface area (Å²) >= 11 is 0. The van der Waals surface area contributed by atoms with Gasteiger partial charge in [0.2, 0.25) is 11.7 Å². The normalized spacial score (nSPS) is 13.1. The third-order valence-corrected chi connectivity index (χ3v) is 6.72. The minimum atomic E-state index is -3.49. The first-order chi connectivity index (χ1) is 12.3. The van der Waals surface area contributed by atoms with Gasteiger partial charge in [-0.1, -0.05) is 12.1 Å². The second kappa shape index (κ2) is 6.87. The van der Waals surface area contributed by atoms with Gasteiger partial charge in [-0.15, -0.1) is 0 Å². The number of benzene rings is 1. The highest BCUT2D eigenvalue weighted by atomic mass is 32.2. The van der Waals surface area contributed by atoms with E-state index in [4.69, 9.17) is 0 Å². The van der Waals surface area contributed by atoms with Gasteiger partial charge in [-0.3, -0.25) is 9.20 Å². The van der Waals surface area contributed by atoms with Crippen molar-refractivity contribution < 1.29 is 13.2 Å². The first-order valence-electron chi connectivity index (χ1n) is 8.23. The van der Waals surface area contributed by atoms with Crippen LogP contribution in [0.1, 0.15) is 20.8 Å². The molecular weight excluding hydrogens is 352 g/mol. The third-order valence-electron chi connectivity index (χ3n) is 4.20. The van der Waals surface area contributed by atoms with Gasteiger partial charge in [-0.05, 0) is 39.0 Å². The van der Waals surface area contributed by atoms with Gasteiger partial charge >= 0.3 is 0 Å². The van der Waals surface area contributed by atoms with E-state index >= 15 is 0 Å². The predicted octanol–water partition coefficient (Wildman–Crippen LogP) is 2.55. The molecule has 0 aliphatic carbocycles. The third kappa shape index (κ3) is 3.45. The van der Waals surface area contributed by atoms with Gasteiger partial charge in [0.25, 0.3) is 0 Å². The minimum Gasteiger partial charge on any atom is -0.325 e. The summed E-state index contributed by atoms with van der Waals surface area (Å²) in [6.45, 7) is 4.54. The van der Waals surface area contributed by atoms with Gasteiger partial charge < -0.3 is 5.32 Å². The quantitative estimate of drug-likeness (QED) is 0.743. The number of rotatable bonds is 5. The number of imidazole rings is 1. The molecule has 1 N–H and O–H groups in total. The Hall–Kier alpha value is -2.74. The number of carbonyl (C=O) groups excluding carboxylic acids is 1. The molecule has 0 saturated heterocycles. The summed E-state index contributed by atoms with van der Waals surface area (Å²) in [6.07, 6.45) is 5.41. The number of aromatic nitrogens is 3.